The van der Waals surface area contributed by atoms with Gasteiger partial charge in [-0.1, -0.05) is 47.0 Å². The Morgan fingerprint density at radius 2 is 1.61 bits per heavy atom. The van der Waals surface area contributed by atoms with Crippen LogP contribution in [-0.4, -0.2) is 9.98 Å². The summed E-state index contributed by atoms with van der Waals surface area (Å²) in [6.07, 6.45) is 0. The van der Waals surface area contributed by atoms with E-state index in [0.717, 1.165) is 0 Å². The third-order valence-electron chi connectivity index (χ3n) is 3.42. The second-order valence-corrected chi connectivity index (χ2v) is 45.0. The third-order valence-corrected chi connectivity index (χ3v) is 37.9. The molecule has 0 heterocycles. The zero-order valence-corrected chi connectivity index (χ0v) is 21.8. The van der Waals surface area contributed by atoms with Crippen LogP contribution in [0.4, 0.5) is 0 Å². The molecule has 0 nitrogen and oxygen atoms in total. The fourth-order valence-electron chi connectivity index (χ4n) is 1.83. The van der Waals surface area contributed by atoms with Crippen LogP contribution >= 0.6 is 17.0 Å². The molecule has 4 heteroatoms. The van der Waals surface area contributed by atoms with E-state index in [-0.39, 0.29) is 0 Å². The van der Waals surface area contributed by atoms with Crippen LogP contribution in [0.5, 0.6) is 0 Å². The molecule has 2 rings (SSSR count). The average molecular weight is 493 g/mol. The van der Waals surface area contributed by atoms with Crippen molar-refractivity contribution in [2.24, 2.45) is 0 Å². The van der Waals surface area contributed by atoms with Gasteiger partial charge in [0.2, 0.25) is 0 Å². The minimum atomic E-state index is -1.59. The number of hydrogen-bond acceptors (Lipinski definition) is 0. The molecule has 23 heavy (non-hydrogen) atoms. The quantitative estimate of drug-likeness (QED) is 0.269. The van der Waals surface area contributed by atoms with Gasteiger partial charge in [0.15, 0.2) is 0 Å². The molecule has 0 saturated heterocycles. The van der Waals surface area contributed by atoms with Gasteiger partial charge in [-0.3, -0.25) is 0 Å². The van der Waals surface area contributed by atoms with Crippen LogP contribution in [0.25, 0.3) is 0 Å². The van der Waals surface area contributed by atoms with Gasteiger partial charge in [-0.25, -0.2) is 12.1 Å². The summed E-state index contributed by atoms with van der Waals surface area (Å²) in [4.78, 5) is 0. The number of hydrogen-bond donors (Lipinski definition) is 0. The summed E-state index contributed by atoms with van der Waals surface area (Å²) in [6.45, 7) is 13.1. The van der Waals surface area contributed by atoms with Crippen molar-refractivity contribution < 1.29 is 16.2 Å². The van der Waals surface area contributed by atoms with Gasteiger partial charge < -0.3 is 0 Å². The monoisotopic (exact) mass is 492 g/mol. The van der Waals surface area contributed by atoms with E-state index in [0.29, 0.717) is 5.41 Å². The SMILES string of the molecule is CC(C)(C)c1cc[cH-]c1.Cc1cc(C)c(C)[cH-]1.[CH3][Ge]([CH3])=[Zr]([Cl])[Cl]. The van der Waals surface area contributed by atoms with E-state index in [9.17, 15) is 0 Å². The van der Waals surface area contributed by atoms with Gasteiger partial charge in [-0.15, -0.1) is 0 Å². The minimum absolute atomic E-state index is 0.323. The molecule has 0 aromatic heterocycles. The zero-order valence-electron chi connectivity index (χ0n) is 15.7. The topological polar surface area (TPSA) is 0 Å². The Morgan fingerprint density at radius 3 is 1.74 bits per heavy atom. The Kier molecular flexibility index (Phi) is 11.7. The van der Waals surface area contributed by atoms with Gasteiger partial charge in [0.1, 0.15) is 0 Å². The van der Waals surface area contributed by atoms with Gasteiger partial charge in [0, 0.05) is 0 Å². The molecule has 0 unspecified atom stereocenters. The summed E-state index contributed by atoms with van der Waals surface area (Å²) in [6, 6.07) is 12.9. The van der Waals surface area contributed by atoms with Crippen molar-refractivity contribution in [1.82, 2.24) is 0 Å². The van der Waals surface area contributed by atoms with Crippen molar-refractivity contribution in [3.05, 3.63) is 58.7 Å². The molecule has 130 valence electrons. The molecule has 0 fully saturated rings. The maximum atomic E-state index is 5.65. The summed E-state index contributed by atoms with van der Waals surface area (Å²) in [7, 11) is 10.6. The van der Waals surface area contributed by atoms with Crippen LogP contribution in [0.2, 0.25) is 11.5 Å². The average Bonchev–Trinajstić information content (AvgIpc) is 3.01. The van der Waals surface area contributed by atoms with E-state index in [1.54, 1.807) is 0 Å². The Bertz CT molecular complexity index is 564. The molecule has 0 aliphatic heterocycles. The van der Waals surface area contributed by atoms with Gasteiger partial charge in [0.05, 0.1) is 0 Å². The van der Waals surface area contributed by atoms with E-state index in [2.05, 4.69) is 89.5 Å². The van der Waals surface area contributed by atoms with Crippen LogP contribution in [0.1, 0.15) is 43.0 Å². The Labute approximate surface area is 159 Å². The standard InChI is InChI=1S/C9H13.C8H11.C2H6Ge.2ClH.Zr/c1-9(2,3)8-6-4-5-7-8;1-6-4-7(2)8(3)5-6;1-3-2;;;/h4-7H,1-3H3;4-5H,1-3H3;1-2H3;2*1H;/q2*-1;;;;+2/p-2. The number of aryl methyl sites for hydroxylation is 3. The second-order valence-electron chi connectivity index (χ2n) is 7.08. The molecule has 0 bridgehead atoms. The molecular weight excluding hydrogens is 463 g/mol. The fourth-order valence-corrected chi connectivity index (χ4v) is 1.83. The molecule has 0 amide bonds. The molecular formula is C19H30Cl2GeZr-2. The second kappa shape index (κ2) is 11.3. The third kappa shape index (κ3) is 11.0. The number of rotatable bonds is 0. The Morgan fingerprint density at radius 1 is 1.09 bits per heavy atom. The van der Waals surface area contributed by atoms with Crippen molar-refractivity contribution in [3.8, 4) is 0 Å². The zero-order chi connectivity index (χ0) is 18.2. The summed E-state index contributed by atoms with van der Waals surface area (Å²) in [5.41, 5.74) is 5.93. The van der Waals surface area contributed by atoms with Gasteiger partial charge >= 0.3 is 54.8 Å². The van der Waals surface area contributed by atoms with Crippen LogP contribution < -0.4 is 0 Å². The van der Waals surface area contributed by atoms with E-state index in [1.807, 2.05) is 0 Å². The molecule has 0 aliphatic carbocycles. The van der Waals surface area contributed by atoms with Crippen molar-refractivity contribution in [2.75, 3.05) is 0 Å². The number of halogens is 2. The molecule has 0 aliphatic rings. The van der Waals surface area contributed by atoms with Gasteiger partial charge in [-0.05, 0) is 0 Å². The van der Waals surface area contributed by atoms with Gasteiger partial charge in [0.25, 0.3) is 0 Å². The molecule has 0 atom stereocenters. The Balaban J connectivity index is 0.000000323. The van der Waals surface area contributed by atoms with Crippen molar-refractivity contribution >= 4 is 27.0 Å². The normalized spacial score (nSPS) is 10.2. The summed E-state index contributed by atoms with van der Waals surface area (Å²) in [5, 5.41) is 0. The van der Waals surface area contributed by atoms with E-state index in [4.69, 9.17) is 17.0 Å². The van der Waals surface area contributed by atoms with Crippen molar-refractivity contribution in [1.29, 1.82) is 0 Å². The van der Waals surface area contributed by atoms with E-state index < -0.39 is 26.2 Å². The molecule has 0 N–H and O–H groups in total. The molecule has 0 spiro atoms. The molecule has 0 radical (unpaired) electrons. The van der Waals surface area contributed by atoms with E-state index >= 15 is 0 Å². The predicted molar refractivity (Wildman–Crippen MR) is 106 cm³/mol. The molecule has 0 saturated carbocycles. The molecule has 2 aromatic rings. The van der Waals surface area contributed by atoms with Crippen LogP contribution in [0, 0.1) is 20.8 Å². The summed E-state index contributed by atoms with van der Waals surface area (Å²) in [5.74, 6) is 4.46. The predicted octanol–water partition coefficient (Wildman–Crippen LogP) is 7.20. The van der Waals surface area contributed by atoms with Crippen LogP contribution in [0.3, 0.4) is 0 Å². The van der Waals surface area contributed by atoms with Crippen molar-refractivity contribution in [2.45, 2.75) is 58.5 Å². The maximum absolute atomic E-state index is 5.65. The first-order chi connectivity index (χ1) is 10.4. The van der Waals surface area contributed by atoms with Crippen LogP contribution in [0.15, 0.2) is 36.4 Å². The first-order valence-electron chi connectivity index (χ1n) is 7.86. The first-order valence-corrected chi connectivity index (χ1v) is 25.8. The van der Waals surface area contributed by atoms with Gasteiger partial charge in [-0.2, -0.15) is 46.5 Å². The summed E-state index contributed by atoms with van der Waals surface area (Å²) >= 11 is -1.59. The molecule has 2 aromatic carbocycles. The van der Waals surface area contributed by atoms with Crippen LogP contribution in [-0.2, 0) is 21.7 Å². The fraction of sp³-hybridized carbons (Fsp3) is 0.474. The van der Waals surface area contributed by atoms with E-state index in [1.165, 1.54) is 22.3 Å². The Hall–Kier alpha value is 0.706. The summed E-state index contributed by atoms with van der Waals surface area (Å²) < 4.78 is 0. The first kappa shape index (κ1) is 23.7. The van der Waals surface area contributed by atoms with Crippen molar-refractivity contribution in [3.63, 3.8) is 0 Å².